The third-order valence-corrected chi connectivity index (χ3v) is 9.40. The first-order valence-corrected chi connectivity index (χ1v) is 15.4. The van der Waals surface area contributed by atoms with Crippen LogP contribution >= 0.6 is 12.4 Å². The molecule has 2 aliphatic heterocycles. The summed E-state index contributed by atoms with van der Waals surface area (Å²) in [6, 6.07) is 20.1. The molecule has 1 aliphatic carbocycles. The van der Waals surface area contributed by atoms with E-state index in [1.54, 1.807) is 0 Å². The number of halogens is 1. The van der Waals surface area contributed by atoms with Gasteiger partial charge < -0.3 is 15.3 Å². The number of unbranched alkanes of at least 4 members (excludes halogenated alkanes) is 1. The van der Waals surface area contributed by atoms with Gasteiger partial charge in [0.15, 0.2) is 0 Å². The first-order valence-electron chi connectivity index (χ1n) is 15.4. The first kappa shape index (κ1) is 31.3. The number of nitrogens with one attached hydrogen (secondary N) is 1. The number of rotatable bonds is 9. The number of amides is 2. The summed E-state index contributed by atoms with van der Waals surface area (Å²) in [6.45, 7) is 4.09. The Labute approximate surface area is 251 Å². The lowest BCUT2D eigenvalue weighted by Crippen LogP contribution is -2.75. The van der Waals surface area contributed by atoms with Gasteiger partial charge in [0.1, 0.15) is 11.6 Å². The van der Waals surface area contributed by atoms with Crippen molar-refractivity contribution in [3.8, 4) is 0 Å². The standard InChI is InChI=1S/C34H45N3O3.ClH/c1-2-3-23-37-32(39)30(31(38)28-17-11-6-12-18-28)35-33(40)34(37)21-24-36(25-22-34)29(27-15-9-5-10-16-27)20-19-26-13-7-4-8-14-26;/h4-5,7-10,13-16,19-20,28-31,38H,2-3,6,11-12,17-18,21-25H2,1H3,(H,35,40);1H/b20-19+;/t29?,30-,31-;/m1./s1. The zero-order chi connectivity index (χ0) is 28.0. The van der Waals surface area contributed by atoms with Crippen molar-refractivity contribution in [3.63, 3.8) is 0 Å². The minimum absolute atomic E-state index is 0. The van der Waals surface area contributed by atoms with E-state index in [4.69, 9.17) is 0 Å². The number of hydrogen-bond acceptors (Lipinski definition) is 4. The van der Waals surface area contributed by atoms with Crippen LogP contribution in [0.2, 0.25) is 0 Å². The molecule has 3 atom stereocenters. The number of benzene rings is 2. The van der Waals surface area contributed by atoms with E-state index in [9.17, 15) is 14.7 Å². The number of nitrogens with zero attached hydrogens (tertiary/aromatic N) is 2. The number of piperidine rings is 1. The molecular weight excluding hydrogens is 534 g/mol. The molecule has 2 saturated heterocycles. The second-order valence-corrected chi connectivity index (χ2v) is 11.9. The van der Waals surface area contributed by atoms with Gasteiger partial charge in [-0.3, -0.25) is 14.5 Å². The molecule has 1 spiro atoms. The summed E-state index contributed by atoms with van der Waals surface area (Å²) in [4.78, 5) is 32.1. The molecule has 2 aromatic rings. The van der Waals surface area contributed by atoms with Gasteiger partial charge >= 0.3 is 0 Å². The number of piperazine rings is 1. The van der Waals surface area contributed by atoms with Crippen LogP contribution in [-0.2, 0) is 9.59 Å². The van der Waals surface area contributed by atoms with Crippen molar-refractivity contribution in [2.24, 2.45) is 5.92 Å². The average molecular weight is 580 g/mol. The quantitative estimate of drug-likeness (QED) is 0.396. The van der Waals surface area contributed by atoms with Gasteiger partial charge in [-0.15, -0.1) is 12.4 Å². The third-order valence-electron chi connectivity index (χ3n) is 9.40. The zero-order valence-corrected chi connectivity index (χ0v) is 25.1. The normalized spacial score (nSPS) is 23.3. The Bertz CT molecular complexity index is 1140. The molecule has 2 N–H and O–H groups in total. The molecule has 0 radical (unpaired) electrons. The summed E-state index contributed by atoms with van der Waals surface area (Å²) in [7, 11) is 0. The van der Waals surface area contributed by atoms with E-state index in [0.29, 0.717) is 32.5 Å². The van der Waals surface area contributed by atoms with Gasteiger partial charge in [0, 0.05) is 19.6 Å². The SMILES string of the molecule is CCCCN1C(=O)[C@@H]([C@H](O)C2CCCCC2)NC(=O)C12CCN(C(/C=C/c1ccccc1)c1ccccc1)CC2.Cl. The van der Waals surface area contributed by atoms with Crippen LogP contribution in [0.25, 0.3) is 6.08 Å². The van der Waals surface area contributed by atoms with Crippen LogP contribution in [0.4, 0.5) is 0 Å². The molecular formula is C34H46ClN3O3. The molecule has 5 rings (SSSR count). The highest BCUT2D eigenvalue weighted by Crippen LogP contribution is 2.38. The maximum atomic E-state index is 14.0. The number of carbonyl (C=O) groups is 2. The largest absolute Gasteiger partial charge is 0.390 e. The summed E-state index contributed by atoms with van der Waals surface area (Å²) < 4.78 is 0. The Kier molecular flexibility index (Phi) is 11.0. The fraction of sp³-hybridized carbons (Fsp3) is 0.529. The topological polar surface area (TPSA) is 72.9 Å². The minimum atomic E-state index is -0.851. The molecule has 2 amide bonds. The summed E-state index contributed by atoms with van der Waals surface area (Å²) in [6.07, 6.45) is 11.8. The molecule has 2 aromatic carbocycles. The number of likely N-dealkylation sites (tertiary alicyclic amines) is 1. The van der Waals surface area contributed by atoms with Crippen molar-refractivity contribution >= 4 is 30.3 Å². The summed E-state index contributed by atoms with van der Waals surface area (Å²) in [5.41, 5.74) is 1.52. The highest BCUT2D eigenvalue weighted by Gasteiger charge is 2.55. The highest BCUT2D eigenvalue weighted by atomic mass is 35.5. The number of aliphatic hydroxyl groups is 1. The van der Waals surface area contributed by atoms with Crippen molar-refractivity contribution in [3.05, 3.63) is 77.9 Å². The summed E-state index contributed by atoms with van der Waals surface area (Å²) in [5, 5.41) is 14.3. The van der Waals surface area contributed by atoms with Crippen LogP contribution in [0.5, 0.6) is 0 Å². The van der Waals surface area contributed by atoms with Gasteiger partial charge in [0.25, 0.3) is 0 Å². The number of aliphatic hydroxyl groups excluding tert-OH is 1. The van der Waals surface area contributed by atoms with Crippen molar-refractivity contribution in [1.29, 1.82) is 0 Å². The predicted molar refractivity (Wildman–Crippen MR) is 167 cm³/mol. The summed E-state index contributed by atoms with van der Waals surface area (Å²) >= 11 is 0. The highest BCUT2D eigenvalue weighted by molar-refractivity contribution is 6.00. The fourth-order valence-corrected chi connectivity index (χ4v) is 6.99. The maximum Gasteiger partial charge on any atom is 0.248 e. The van der Waals surface area contributed by atoms with Gasteiger partial charge in [-0.05, 0) is 49.1 Å². The predicted octanol–water partition coefficient (Wildman–Crippen LogP) is 5.77. The monoisotopic (exact) mass is 579 g/mol. The van der Waals surface area contributed by atoms with Gasteiger partial charge in [-0.25, -0.2) is 0 Å². The van der Waals surface area contributed by atoms with Crippen molar-refractivity contribution < 1.29 is 14.7 Å². The molecule has 0 aromatic heterocycles. The van der Waals surface area contributed by atoms with Crippen LogP contribution in [-0.4, -0.2) is 64.0 Å². The Balaban J connectivity index is 0.00000387. The average Bonchev–Trinajstić information content (AvgIpc) is 3.01. The van der Waals surface area contributed by atoms with E-state index < -0.39 is 17.7 Å². The van der Waals surface area contributed by atoms with Gasteiger partial charge in [-0.1, -0.05) is 105 Å². The van der Waals surface area contributed by atoms with Crippen molar-refractivity contribution in [1.82, 2.24) is 15.1 Å². The summed E-state index contributed by atoms with van der Waals surface area (Å²) in [5.74, 6) is -0.100. The van der Waals surface area contributed by atoms with Crippen LogP contribution in [0.3, 0.4) is 0 Å². The minimum Gasteiger partial charge on any atom is -0.390 e. The van der Waals surface area contributed by atoms with E-state index >= 15 is 0 Å². The van der Waals surface area contributed by atoms with Crippen molar-refractivity contribution in [2.45, 2.75) is 88.4 Å². The third kappa shape index (κ3) is 6.87. The van der Waals surface area contributed by atoms with Crippen LogP contribution < -0.4 is 5.32 Å². The lowest BCUT2D eigenvalue weighted by atomic mass is 9.77. The molecule has 3 fully saturated rings. The molecule has 0 bridgehead atoms. The lowest BCUT2D eigenvalue weighted by molar-refractivity contribution is -0.166. The van der Waals surface area contributed by atoms with Gasteiger partial charge in [0.2, 0.25) is 11.8 Å². The van der Waals surface area contributed by atoms with E-state index in [2.05, 4.69) is 65.7 Å². The maximum absolute atomic E-state index is 14.0. The molecule has 6 nitrogen and oxygen atoms in total. The van der Waals surface area contributed by atoms with Crippen LogP contribution in [0, 0.1) is 5.92 Å². The molecule has 2 heterocycles. The van der Waals surface area contributed by atoms with Crippen molar-refractivity contribution in [2.75, 3.05) is 19.6 Å². The number of carbonyl (C=O) groups excluding carboxylic acids is 2. The second kappa shape index (κ2) is 14.5. The molecule has 222 valence electrons. The Morgan fingerprint density at radius 1 is 0.976 bits per heavy atom. The fourth-order valence-electron chi connectivity index (χ4n) is 6.99. The second-order valence-electron chi connectivity index (χ2n) is 11.9. The van der Waals surface area contributed by atoms with E-state index in [-0.39, 0.29) is 36.2 Å². The Morgan fingerprint density at radius 3 is 2.24 bits per heavy atom. The molecule has 3 aliphatic rings. The van der Waals surface area contributed by atoms with Crippen LogP contribution in [0.15, 0.2) is 66.7 Å². The van der Waals surface area contributed by atoms with Gasteiger partial charge in [0.05, 0.1) is 12.1 Å². The zero-order valence-electron chi connectivity index (χ0n) is 24.3. The Hall–Kier alpha value is -2.67. The molecule has 1 unspecified atom stereocenters. The molecule has 1 saturated carbocycles. The smallest absolute Gasteiger partial charge is 0.248 e. The van der Waals surface area contributed by atoms with Crippen LogP contribution in [0.1, 0.15) is 81.9 Å². The molecule has 7 heteroatoms. The lowest BCUT2D eigenvalue weighted by Gasteiger charge is -2.53. The van der Waals surface area contributed by atoms with E-state index in [1.807, 2.05) is 29.2 Å². The van der Waals surface area contributed by atoms with E-state index in [1.165, 1.54) is 12.0 Å². The first-order chi connectivity index (χ1) is 19.5. The molecule has 41 heavy (non-hydrogen) atoms. The Morgan fingerprint density at radius 2 is 1.61 bits per heavy atom. The number of hydrogen-bond donors (Lipinski definition) is 2. The van der Waals surface area contributed by atoms with E-state index in [0.717, 1.165) is 44.1 Å². The van der Waals surface area contributed by atoms with Gasteiger partial charge in [-0.2, -0.15) is 0 Å².